The van der Waals surface area contributed by atoms with Crippen molar-refractivity contribution < 1.29 is 18.7 Å². The SMILES string of the molecule is COc1ccc(-c2ccc(C(=O)NCC(C)(C)C(N)=O)c(F)c2)cc1. The van der Waals surface area contributed by atoms with Crippen molar-refractivity contribution in [3.63, 3.8) is 0 Å². The molecule has 2 aromatic rings. The van der Waals surface area contributed by atoms with E-state index in [9.17, 15) is 14.0 Å². The fourth-order valence-corrected chi connectivity index (χ4v) is 2.15. The number of rotatable bonds is 6. The second-order valence-corrected chi connectivity index (χ2v) is 6.35. The van der Waals surface area contributed by atoms with Gasteiger partial charge < -0.3 is 15.8 Å². The van der Waals surface area contributed by atoms with Crippen LogP contribution in [0, 0.1) is 11.2 Å². The first-order valence-electron chi connectivity index (χ1n) is 7.76. The standard InChI is InChI=1S/C19H21FN2O3/c1-19(2,18(21)24)11-22-17(23)15-9-6-13(10-16(15)20)12-4-7-14(25-3)8-5-12/h4-10H,11H2,1-3H3,(H2,21,24)(H,22,23). The van der Waals surface area contributed by atoms with E-state index in [2.05, 4.69) is 5.32 Å². The van der Waals surface area contributed by atoms with Crippen molar-refractivity contribution in [3.05, 3.63) is 53.8 Å². The lowest BCUT2D eigenvalue weighted by Gasteiger charge is -2.20. The van der Waals surface area contributed by atoms with Gasteiger partial charge in [0.05, 0.1) is 18.1 Å². The minimum Gasteiger partial charge on any atom is -0.497 e. The van der Waals surface area contributed by atoms with Crippen molar-refractivity contribution >= 4 is 11.8 Å². The molecule has 0 saturated carbocycles. The minimum atomic E-state index is -0.908. The zero-order chi connectivity index (χ0) is 18.6. The first-order valence-corrected chi connectivity index (χ1v) is 7.76. The van der Waals surface area contributed by atoms with Crippen molar-refractivity contribution in [3.8, 4) is 16.9 Å². The monoisotopic (exact) mass is 344 g/mol. The molecule has 0 radical (unpaired) electrons. The topological polar surface area (TPSA) is 81.4 Å². The summed E-state index contributed by atoms with van der Waals surface area (Å²) in [7, 11) is 1.57. The number of benzene rings is 2. The van der Waals surface area contributed by atoms with E-state index in [0.717, 1.165) is 5.56 Å². The fourth-order valence-electron chi connectivity index (χ4n) is 2.15. The Morgan fingerprint density at radius 2 is 1.72 bits per heavy atom. The van der Waals surface area contributed by atoms with Crippen molar-refractivity contribution in [1.82, 2.24) is 5.32 Å². The third-order valence-corrected chi connectivity index (χ3v) is 3.99. The number of carbonyl (C=O) groups is 2. The molecular weight excluding hydrogens is 323 g/mol. The highest BCUT2D eigenvalue weighted by molar-refractivity contribution is 5.95. The van der Waals surface area contributed by atoms with E-state index in [4.69, 9.17) is 10.5 Å². The van der Waals surface area contributed by atoms with Crippen LogP contribution in [-0.4, -0.2) is 25.5 Å². The average Bonchev–Trinajstić information content (AvgIpc) is 2.59. The van der Waals surface area contributed by atoms with Crippen LogP contribution < -0.4 is 15.8 Å². The molecule has 0 bridgehead atoms. The summed E-state index contributed by atoms with van der Waals surface area (Å²) in [6, 6.07) is 11.6. The Labute approximate surface area is 146 Å². The number of hydrogen-bond donors (Lipinski definition) is 2. The number of methoxy groups -OCH3 is 1. The number of primary amides is 1. The molecule has 0 saturated heterocycles. The lowest BCUT2D eigenvalue weighted by molar-refractivity contribution is -0.125. The van der Waals surface area contributed by atoms with Gasteiger partial charge in [-0.15, -0.1) is 0 Å². The van der Waals surface area contributed by atoms with Crippen LogP contribution in [0.25, 0.3) is 11.1 Å². The Morgan fingerprint density at radius 3 is 2.24 bits per heavy atom. The van der Waals surface area contributed by atoms with Crippen LogP contribution in [0.5, 0.6) is 5.75 Å². The Balaban J connectivity index is 2.15. The van der Waals surface area contributed by atoms with Crippen LogP contribution in [-0.2, 0) is 4.79 Å². The number of nitrogens with one attached hydrogen (secondary N) is 1. The van der Waals surface area contributed by atoms with Gasteiger partial charge in [-0.2, -0.15) is 0 Å². The molecule has 0 spiro atoms. The van der Waals surface area contributed by atoms with Crippen molar-refractivity contribution in [2.24, 2.45) is 11.1 Å². The zero-order valence-corrected chi connectivity index (χ0v) is 14.4. The zero-order valence-electron chi connectivity index (χ0n) is 14.4. The summed E-state index contributed by atoms with van der Waals surface area (Å²) in [5.74, 6) is -1.06. The highest BCUT2D eigenvalue weighted by Crippen LogP contribution is 2.24. The highest BCUT2D eigenvalue weighted by Gasteiger charge is 2.26. The van der Waals surface area contributed by atoms with Gasteiger partial charge in [0.25, 0.3) is 5.91 Å². The number of ether oxygens (including phenoxy) is 1. The van der Waals surface area contributed by atoms with Crippen LogP contribution in [0.4, 0.5) is 4.39 Å². The molecule has 0 aliphatic rings. The maximum absolute atomic E-state index is 14.3. The molecule has 3 N–H and O–H groups in total. The largest absolute Gasteiger partial charge is 0.497 e. The number of amides is 2. The van der Waals surface area contributed by atoms with Crippen molar-refractivity contribution in [2.75, 3.05) is 13.7 Å². The van der Waals surface area contributed by atoms with Gasteiger partial charge >= 0.3 is 0 Å². The summed E-state index contributed by atoms with van der Waals surface area (Å²) in [6.07, 6.45) is 0. The number of halogens is 1. The lowest BCUT2D eigenvalue weighted by Crippen LogP contribution is -2.42. The molecule has 0 aliphatic carbocycles. The molecule has 5 nitrogen and oxygen atoms in total. The van der Waals surface area contributed by atoms with Gasteiger partial charge in [-0.05, 0) is 49.2 Å². The molecule has 0 aliphatic heterocycles. The number of carbonyl (C=O) groups excluding carboxylic acids is 2. The van der Waals surface area contributed by atoms with Crippen molar-refractivity contribution in [1.29, 1.82) is 0 Å². The van der Waals surface area contributed by atoms with E-state index in [0.29, 0.717) is 11.3 Å². The molecule has 2 aromatic carbocycles. The summed E-state index contributed by atoms with van der Waals surface area (Å²) in [6.45, 7) is 3.25. The average molecular weight is 344 g/mol. The molecule has 2 rings (SSSR count). The van der Waals surface area contributed by atoms with Gasteiger partial charge in [-0.3, -0.25) is 9.59 Å². The van der Waals surface area contributed by atoms with E-state index in [1.54, 1.807) is 39.2 Å². The van der Waals surface area contributed by atoms with E-state index in [1.807, 2.05) is 12.1 Å². The van der Waals surface area contributed by atoms with E-state index in [-0.39, 0.29) is 12.1 Å². The van der Waals surface area contributed by atoms with Crippen LogP contribution in [0.3, 0.4) is 0 Å². The maximum atomic E-state index is 14.3. The van der Waals surface area contributed by atoms with Crippen LogP contribution in [0.15, 0.2) is 42.5 Å². The molecule has 2 amide bonds. The minimum absolute atomic E-state index is 0.0286. The third-order valence-electron chi connectivity index (χ3n) is 3.99. The predicted molar refractivity (Wildman–Crippen MR) is 93.7 cm³/mol. The van der Waals surface area contributed by atoms with Gasteiger partial charge in [0, 0.05) is 6.54 Å². The molecule has 0 atom stereocenters. The second-order valence-electron chi connectivity index (χ2n) is 6.35. The van der Waals surface area contributed by atoms with Gasteiger partial charge in [0.2, 0.25) is 5.91 Å². The smallest absolute Gasteiger partial charge is 0.254 e. The highest BCUT2D eigenvalue weighted by atomic mass is 19.1. The lowest BCUT2D eigenvalue weighted by atomic mass is 9.92. The third kappa shape index (κ3) is 4.35. The number of nitrogens with two attached hydrogens (primary N) is 1. The second kappa shape index (κ2) is 7.34. The Hall–Kier alpha value is -2.89. The molecule has 6 heteroatoms. The quantitative estimate of drug-likeness (QED) is 0.845. The molecule has 0 unspecified atom stereocenters. The van der Waals surface area contributed by atoms with Crippen LogP contribution in [0.2, 0.25) is 0 Å². The Bertz CT molecular complexity index is 786. The maximum Gasteiger partial charge on any atom is 0.254 e. The molecule has 25 heavy (non-hydrogen) atoms. The molecule has 132 valence electrons. The molecule has 0 aromatic heterocycles. The number of hydrogen-bond acceptors (Lipinski definition) is 3. The molecule has 0 fully saturated rings. The first kappa shape index (κ1) is 18.4. The molecular formula is C19H21FN2O3. The van der Waals surface area contributed by atoms with Crippen molar-refractivity contribution in [2.45, 2.75) is 13.8 Å². The fraction of sp³-hybridized carbons (Fsp3) is 0.263. The summed E-state index contributed by atoms with van der Waals surface area (Å²) < 4.78 is 19.4. The first-order chi connectivity index (χ1) is 11.7. The van der Waals surface area contributed by atoms with Gasteiger partial charge in [-0.1, -0.05) is 18.2 Å². The van der Waals surface area contributed by atoms with E-state index >= 15 is 0 Å². The molecule has 0 heterocycles. The predicted octanol–water partition coefficient (Wildman–Crippen LogP) is 2.74. The van der Waals surface area contributed by atoms with Gasteiger partial charge in [0.15, 0.2) is 0 Å². The van der Waals surface area contributed by atoms with E-state index < -0.39 is 23.0 Å². The normalized spacial score (nSPS) is 11.0. The van der Waals surface area contributed by atoms with Gasteiger partial charge in [-0.25, -0.2) is 4.39 Å². The summed E-state index contributed by atoms with van der Waals surface area (Å²) in [5, 5.41) is 2.54. The van der Waals surface area contributed by atoms with E-state index in [1.165, 1.54) is 12.1 Å². The Kier molecular flexibility index (Phi) is 5.41. The summed E-state index contributed by atoms with van der Waals surface area (Å²) in [4.78, 5) is 23.4. The summed E-state index contributed by atoms with van der Waals surface area (Å²) >= 11 is 0. The van der Waals surface area contributed by atoms with Gasteiger partial charge in [0.1, 0.15) is 11.6 Å². The van der Waals surface area contributed by atoms with Crippen LogP contribution in [0.1, 0.15) is 24.2 Å². The van der Waals surface area contributed by atoms with Crippen LogP contribution >= 0.6 is 0 Å². The Morgan fingerprint density at radius 1 is 1.12 bits per heavy atom. The summed E-state index contributed by atoms with van der Waals surface area (Å²) in [5.41, 5.74) is 5.72.